The molecular weight excluding hydrogens is 316 g/mol. The maximum absolute atomic E-state index is 12.8. The molecule has 25 heavy (non-hydrogen) atoms. The molecule has 0 saturated heterocycles. The zero-order valence-electron chi connectivity index (χ0n) is 15.0. The number of fused-ring (bicyclic) bond motifs is 1. The Labute approximate surface area is 147 Å². The van der Waals surface area contributed by atoms with Gasteiger partial charge in [-0.05, 0) is 24.5 Å². The van der Waals surface area contributed by atoms with Crippen LogP contribution in [0.15, 0.2) is 46.2 Å². The van der Waals surface area contributed by atoms with Gasteiger partial charge in [0.1, 0.15) is 5.75 Å². The lowest BCUT2D eigenvalue weighted by Crippen LogP contribution is -2.22. The van der Waals surface area contributed by atoms with Gasteiger partial charge in [-0.25, -0.2) is 4.98 Å². The summed E-state index contributed by atoms with van der Waals surface area (Å²) in [5, 5.41) is 1.48. The molecule has 0 bridgehead atoms. The topological polar surface area (TPSA) is 57.3 Å². The van der Waals surface area contributed by atoms with E-state index in [1.54, 1.807) is 10.8 Å². The van der Waals surface area contributed by atoms with Gasteiger partial charge in [-0.1, -0.05) is 33.3 Å². The average molecular weight is 340 g/mol. The summed E-state index contributed by atoms with van der Waals surface area (Å²) in [6, 6.07) is 5.68. The normalized spacial score (nSPS) is 11.4. The molecule has 0 N–H and O–H groups in total. The SMILES string of the molecule is CCCCOc1cn(CC(C)C)c(=O)c2ccc(-c3cnco3)cc12. The Bertz CT molecular complexity index is 895. The molecule has 0 aliphatic heterocycles. The number of oxazole rings is 1. The number of hydrogen-bond donors (Lipinski definition) is 0. The minimum atomic E-state index is 0.00987. The van der Waals surface area contributed by atoms with E-state index >= 15 is 0 Å². The third-order valence-electron chi connectivity index (χ3n) is 4.08. The summed E-state index contributed by atoms with van der Waals surface area (Å²) < 4.78 is 13.1. The molecule has 0 atom stereocenters. The summed E-state index contributed by atoms with van der Waals surface area (Å²) >= 11 is 0. The summed E-state index contributed by atoms with van der Waals surface area (Å²) in [6.45, 7) is 7.63. The third kappa shape index (κ3) is 3.76. The van der Waals surface area contributed by atoms with Crippen molar-refractivity contribution in [1.29, 1.82) is 0 Å². The Hall–Kier alpha value is -2.56. The highest BCUT2D eigenvalue weighted by molar-refractivity contribution is 5.90. The molecular formula is C20H24N2O3. The molecule has 0 aliphatic rings. The Balaban J connectivity index is 2.13. The second-order valence-corrected chi connectivity index (χ2v) is 6.67. The average Bonchev–Trinajstić information content (AvgIpc) is 3.12. The molecule has 0 fully saturated rings. The van der Waals surface area contributed by atoms with Crippen molar-refractivity contribution in [2.45, 2.75) is 40.2 Å². The van der Waals surface area contributed by atoms with Gasteiger partial charge >= 0.3 is 0 Å². The Kier molecular flexibility index (Phi) is 5.22. The molecule has 0 radical (unpaired) electrons. The van der Waals surface area contributed by atoms with Crippen molar-refractivity contribution in [1.82, 2.24) is 9.55 Å². The first kappa shape index (κ1) is 17.3. The van der Waals surface area contributed by atoms with Gasteiger partial charge in [0.15, 0.2) is 12.2 Å². The highest BCUT2D eigenvalue weighted by Crippen LogP contribution is 2.29. The Morgan fingerprint density at radius 1 is 1.28 bits per heavy atom. The highest BCUT2D eigenvalue weighted by atomic mass is 16.5. The van der Waals surface area contributed by atoms with E-state index in [1.807, 2.05) is 24.4 Å². The molecule has 0 unspecified atom stereocenters. The van der Waals surface area contributed by atoms with Gasteiger partial charge in [-0.3, -0.25) is 4.79 Å². The Morgan fingerprint density at radius 2 is 2.12 bits per heavy atom. The van der Waals surface area contributed by atoms with E-state index < -0.39 is 0 Å². The van der Waals surface area contributed by atoms with Crippen LogP contribution in [0.2, 0.25) is 0 Å². The van der Waals surface area contributed by atoms with Crippen molar-refractivity contribution < 1.29 is 9.15 Å². The van der Waals surface area contributed by atoms with E-state index in [4.69, 9.17) is 9.15 Å². The van der Waals surface area contributed by atoms with Crippen molar-refractivity contribution in [3.63, 3.8) is 0 Å². The van der Waals surface area contributed by atoms with Gasteiger partial charge in [0, 0.05) is 23.7 Å². The number of aromatic nitrogens is 2. The third-order valence-corrected chi connectivity index (χ3v) is 4.08. The number of hydrogen-bond acceptors (Lipinski definition) is 4. The van der Waals surface area contributed by atoms with E-state index in [0.29, 0.717) is 30.2 Å². The van der Waals surface area contributed by atoms with Crippen LogP contribution >= 0.6 is 0 Å². The number of unbranched alkanes of at least 4 members (excludes halogenated alkanes) is 1. The lowest BCUT2D eigenvalue weighted by Gasteiger charge is -2.15. The predicted molar refractivity (Wildman–Crippen MR) is 98.9 cm³/mol. The van der Waals surface area contributed by atoms with Gasteiger partial charge in [0.05, 0.1) is 18.2 Å². The number of benzene rings is 1. The van der Waals surface area contributed by atoms with E-state index in [0.717, 1.165) is 29.5 Å². The molecule has 132 valence electrons. The lowest BCUT2D eigenvalue weighted by molar-refractivity contribution is 0.309. The van der Waals surface area contributed by atoms with Gasteiger partial charge < -0.3 is 13.7 Å². The van der Waals surface area contributed by atoms with E-state index in [2.05, 4.69) is 25.8 Å². The van der Waals surface area contributed by atoms with Gasteiger partial charge in [-0.15, -0.1) is 0 Å². The largest absolute Gasteiger partial charge is 0.491 e. The monoisotopic (exact) mass is 340 g/mol. The minimum absolute atomic E-state index is 0.00987. The fraction of sp³-hybridized carbons (Fsp3) is 0.400. The van der Waals surface area contributed by atoms with Crippen LogP contribution in [0.1, 0.15) is 33.6 Å². The van der Waals surface area contributed by atoms with E-state index in [1.165, 1.54) is 6.39 Å². The number of pyridine rings is 1. The zero-order chi connectivity index (χ0) is 17.8. The lowest BCUT2D eigenvalue weighted by atomic mass is 10.1. The smallest absolute Gasteiger partial charge is 0.258 e. The molecule has 0 spiro atoms. The van der Waals surface area contributed by atoms with Crippen LogP contribution in [0.25, 0.3) is 22.1 Å². The number of nitrogens with zero attached hydrogens (tertiary/aromatic N) is 2. The summed E-state index contributed by atoms with van der Waals surface area (Å²) in [7, 11) is 0. The van der Waals surface area contributed by atoms with Crippen molar-refractivity contribution in [3.8, 4) is 17.1 Å². The van der Waals surface area contributed by atoms with Crippen LogP contribution in [-0.2, 0) is 6.54 Å². The van der Waals surface area contributed by atoms with Gasteiger partial charge in [0.2, 0.25) is 0 Å². The van der Waals surface area contributed by atoms with Gasteiger partial charge in [0.25, 0.3) is 5.56 Å². The van der Waals surface area contributed by atoms with Crippen LogP contribution in [-0.4, -0.2) is 16.2 Å². The first-order valence-corrected chi connectivity index (χ1v) is 8.79. The van der Waals surface area contributed by atoms with E-state index in [9.17, 15) is 4.79 Å². The molecule has 0 amide bonds. The first-order valence-electron chi connectivity index (χ1n) is 8.79. The number of ether oxygens (including phenoxy) is 1. The zero-order valence-corrected chi connectivity index (χ0v) is 15.0. The summed E-state index contributed by atoms with van der Waals surface area (Å²) in [4.78, 5) is 16.8. The first-order chi connectivity index (χ1) is 12.1. The van der Waals surface area contributed by atoms with Crippen LogP contribution in [0.4, 0.5) is 0 Å². The molecule has 0 saturated carbocycles. The maximum atomic E-state index is 12.8. The van der Waals surface area contributed by atoms with Crippen LogP contribution < -0.4 is 10.3 Å². The molecule has 1 aromatic carbocycles. The molecule has 2 aromatic heterocycles. The molecule has 3 rings (SSSR count). The second-order valence-electron chi connectivity index (χ2n) is 6.67. The molecule has 3 aromatic rings. The Morgan fingerprint density at radius 3 is 2.80 bits per heavy atom. The second kappa shape index (κ2) is 7.55. The highest BCUT2D eigenvalue weighted by Gasteiger charge is 2.13. The molecule has 2 heterocycles. The van der Waals surface area contributed by atoms with Crippen LogP contribution in [0, 0.1) is 5.92 Å². The predicted octanol–water partition coefficient (Wildman–Crippen LogP) is 4.49. The van der Waals surface area contributed by atoms with Crippen molar-refractivity contribution in [3.05, 3.63) is 47.3 Å². The fourth-order valence-electron chi connectivity index (χ4n) is 2.84. The van der Waals surface area contributed by atoms with Crippen LogP contribution in [0.5, 0.6) is 5.75 Å². The quantitative estimate of drug-likeness (QED) is 0.595. The maximum Gasteiger partial charge on any atom is 0.258 e. The molecule has 5 heteroatoms. The van der Waals surface area contributed by atoms with Crippen molar-refractivity contribution in [2.75, 3.05) is 6.61 Å². The molecule has 0 aliphatic carbocycles. The summed E-state index contributed by atoms with van der Waals surface area (Å²) in [6.07, 6.45) is 6.95. The van der Waals surface area contributed by atoms with E-state index in [-0.39, 0.29) is 5.56 Å². The molecule has 5 nitrogen and oxygen atoms in total. The minimum Gasteiger partial charge on any atom is -0.491 e. The van der Waals surface area contributed by atoms with Gasteiger partial charge in [-0.2, -0.15) is 0 Å². The summed E-state index contributed by atoms with van der Waals surface area (Å²) in [5.41, 5.74) is 0.891. The summed E-state index contributed by atoms with van der Waals surface area (Å²) in [5.74, 6) is 1.80. The van der Waals surface area contributed by atoms with Crippen LogP contribution in [0.3, 0.4) is 0 Å². The standard InChI is InChI=1S/C20H24N2O3/c1-4-5-8-24-19-12-22(11-14(2)3)20(23)16-7-6-15(9-17(16)19)18-10-21-13-25-18/h6-7,9-10,12-14H,4-5,8,11H2,1-3H3. The van der Waals surface area contributed by atoms with Crippen molar-refractivity contribution >= 4 is 10.8 Å². The fourth-order valence-corrected chi connectivity index (χ4v) is 2.84. The van der Waals surface area contributed by atoms with Crippen molar-refractivity contribution in [2.24, 2.45) is 5.92 Å². The number of rotatable bonds is 7.